The van der Waals surface area contributed by atoms with Gasteiger partial charge in [0.25, 0.3) is 0 Å². The van der Waals surface area contributed by atoms with Gasteiger partial charge in [0.2, 0.25) is 5.43 Å². The van der Waals surface area contributed by atoms with Crippen LogP contribution >= 0.6 is 24.4 Å². The van der Waals surface area contributed by atoms with Crippen molar-refractivity contribution in [3.05, 3.63) is 20.8 Å². The summed E-state index contributed by atoms with van der Waals surface area (Å²) in [7, 11) is 3.48. The van der Waals surface area contributed by atoms with Crippen molar-refractivity contribution in [2.75, 3.05) is 45.2 Å². The van der Waals surface area contributed by atoms with Gasteiger partial charge in [-0.25, -0.2) is 0 Å². The maximum Gasteiger partial charge on any atom is 0.219 e. The molecule has 1 rings (SSSR count). The smallest absolute Gasteiger partial charge is 0.219 e. The molecule has 0 saturated heterocycles. The Balaban J connectivity index is 0. The Morgan fingerprint density at radius 3 is 2.00 bits per heavy atom. The predicted octanol–water partition coefficient (Wildman–Crippen LogP) is 3.83. The van der Waals surface area contributed by atoms with Crippen molar-refractivity contribution in [3.63, 3.8) is 0 Å². The SMILES string of the molecule is CC.CCN(CC)CCCCN(C)c1cc(=S)c1=O.COC=S. The van der Waals surface area contributed by atoms with Gasteiger partial charge in [-0.05, 0) is 50.8 Å². The van der Waals surface area contributed by atoms with Gasteiger partial charge < -0.3 is 14.5 Å². The second kappa shape index (κ2) is 16.0. The van der Waals surface area contributed by atoms with Crippen LogP contribution in [0.4, 0.5) is 5.69 Å². The summed E-state index contributed by atoms with van der Waals surface area (Å²) >= 11 is 9.05. The van der Waals surface area contributed by atoms with E-state index in [1.807, 2.05) is 25.8 Å². The van der Waals surface area contributed by atoms with Crippen LogP contribution < -0.4 is 10.3 Å². The average molecular weight is 361 g/mol. The highest BCUT2D eigenvalue weighted by Gasteiger charge is 2.10. The van der Waals surface area contributed by atoms with Gasteiger partial charge >= 0.3 is 0 Å². The second-order valence-electron chi connectivity index (χ2n) is 4.71. The molecule has 0 spiro atoms. The normalized spacial score (nSPS) is 9.52. The fourth-order valence-corrected chi connectivity index (χ4v) is 2.15. The first-order valence-corrected chi connectivity index (χ1v) is 9.09. The van der Waals surface area contributed by atoms with Crippen LogP contribution in [0.5, 0.6) is 0 Å². The molecule has 23 heavy (non-hydrogen) atoms. The third-order valence-electron chi connectivity index (χ3n) is 3.34. The third kappa shape index (κ3) is 10.5. The van der Waals surface area contributed by atoms with Gasteiger partial charge in [0.15, 0.2) is 0 Å². The molecule has 0 amide bonds. The van der Waals surface area contributed by atoms with E-state index in [4.69, 9.17) is 12.2 Å². The predicted molar refractivity (Wildman–Crippen MR) is 108 cm³/mol. The van der Waals surface area contributed by atoms with E-state index in [0.29, 0.717) is 4.51 Å². The zero-order chi connectivity index (χ0) is 18.3. The first kappa shape index (κ1) is 24.4. The van der Waals surface area contributed by atoms with Gasteiger partial charge in [-0.3, -0.25) is 4.79 Å². The van der Waals surface area contributed by atoms with Crippen LogP contribution in [-0.2, 0) is 4.74 Å². The highest BCUT2D eigenvalue weighted by molar-refractivity contribution is 7.78. The van der Waals surface area contributed by atoms with E-state index >= 15 is 0 Å². The standard InChI is InChI=1S/C13H22N2OS.C2H4OS.C2H6/c1-4-15(5-2)9-7-6-8-14(3)11-10-12(17)13(11)16;1-3-2-4;1-2/h10H,4-9H2,1-3H3;2H,1H3;1-2H3. The maximum atomic E-state index is 11.4. The molecule has 1 aromatic carbocycles. The number of hydrogen-bond donors (Lipinski definition) is 0. The lowest BCUT2D eigenvalue weighted by molar-refractivity contribution is 0.297. The molecule has 0 saturated carbocycles. The number of thiocarbonyl (C=S) groups is 1. The number of hydrogen-bond acceptors (Lipinski definition) is 6. The van der Waals surface area contributed by atoms with Crippen molar-refractivity contribution >= 4 is 35.7 Å². The summed E-state index contributed by atoms with van der Waals surface area (Å²) in [6, 6.07) is 1.79. The van der Waals surface area contributed by atoms with Gasteiger partial charge in [0, 0.05) is 13.6 Å². The van der Waals surface area contributed by atoms with E-state index in [2.05, 4.69) is 35.7 Å². The van der Waals surface area contributed by atoms with Crippen molar-refractivity contribution in [1.82, 2.24) is 4.90 Å². The largest absolute Gasteiger partial charge is 0.493 e. The third-order valence-corrected chi connectivity index (χ3v) is 3.84. The molecule has 4 nitrogen and oxygen atoms in total. The highest BCUT2D eigenvalue weighted by atomic mass is 32.1. The number of nitrogens with zero attached hydrogens (tertiary/aromatic N) is 2. The van der Waals surface area contributed by atoms with Crippen LogP contribution in [-0.4, -0.2) is 50.8 Å². The minimum absolute atomic E-state index is 0.0336. The van der Waals surface area contributed by atoms with Crippen molar-refractivity contribution in [3.8, 4) is 0 Å². The van der Waals surface area contributed by atoms with Crippen LogP contribution in [0.25, 0.3) is 0 Å². The summed E-state index contributed by atoms with van der Waals surface area (Å²) in [6.07, 6.45) is 2.29. The monoisotopic (exact) mass is 360 g/mol. The van der Waals surface area contributed by atoms with E-state index in [9.17, 15) is 4.79 Å². The van der Waals surface area contributed by atoms with E-state index in [1.54, 1.807) is 6.07 Å². The van der Waals surface area contributed by atoms with Crippen LogP contribution in [0, 0.1) is 4.51 Å². The molecular weight excluding hydrogens is 328 g/mol. The Morgan fingerprint density at radius 2 is 1.65 bits per heavy atom. The quantitative estimate of drug-likeness (QED) is 0.492. The molecule has 0 radical (unpaired) electrons. The lowest BCUT2D eigenvalue weighted by atomic mass is 10.2. The fraction of sp³-hybridized carbons (Fsp3) is 0.706. The fourth-order valence-electron chi connectivity index (χ4n) is 1.93. The number of rotatable bonds is 9. The second-order valence-corrected chi connectivity index (χ2v) is 5.34. The average Bonchev–Trinajstić information content (AvgIpc) is 2.61. The molecular formula is C17H32N2O2S2. The summed E-state index contributed by atoms with van der Waals surface area (Å²) in [6.45, 7) is 12.7. The molecule has 0 aliphatic carbocycles. The van der Waals surface area contributed by atoms with E-state index in [-0.39, 0.29) is 5.43 Å². The molecule has 0 fully saturated rings. The first-order valence-electron chi connectivity index (χ1n) is 8.22. The van der Waals surface area contributed by atoms with Crippen LogP contribution in [0.1, 0.15) is 40.5 Å². The van der Waals surface area contributed by atoms with Crippen LogP contribution in [0.2, 0.25) is 0 Å². The maximum absolute atomic E-state index is 11.4. The molecule has 0 aromatic heterocycles. The van der Waals surface area contributed by atoms with Crippen molar-refractivity contribution in [2.45, 2.75) is 40.5 Å². The van der Waals surface area contributed by atoms with Crippen LogP contribution in [0.15, 0.2) is 10.9 Å². The minimum atomic E-state index is 0.0336. The molecule has 0 unspecified atom stereocenters. The summed E-state index contributed by atoms with van der Waals surface area (Å²) < 4.78 is 4.70. The summed E-state index contributed by atoms with van der Waals surface area (Å²) in [5.74, 6) is 0. The first-order chi connectivity index (χ1) is 11.0. The van der Waals surface area contributed by atoms with Gasteiger partial charge in [-0.2, -0.15) is 0 Å². The molecule has 1 aromatic rings. The molecule has 0 bridgehead atoms. The number of ether oxygens (including phenoxy) is 1. The van der Waals surface area contributed by atoms with Crippen molar-refractivity contribution in [1.29, 1.82) is 0 Å². The van der Waals surface area contributed by atoms with E-state index < -0.39 is 0 Å². The molecule has 0 aliphatic heterocycles. The van der Waals surface area contributed by atoms with Gasteiger partial charge in [0.05, 0.1) is 17.3 Å². The topological polar surface area (TPSA) is 32.8 Å². The lowest BCUT2D eigenvalue weighted by Crippen LogP contribution is -2.29. The Hall–Kier alpha value is -0.850. The minimum Gasteiger partial charge on any atom is -0.493 e. The highest BCUT2D eigenvalue weighted by Crippen LogP contribution is 2.10. The lowest BCUT2D eigenvalue weighted by Gasteiger charge is -2.21. The Kier molecular flexibility index (Phi) is 17.0. The molecule has 134 valence electrons. The molecule has 0 aliphatic rings. The Bertz CT molecular complexity index is 467. The summed E-state index contributed by atoms with van der Waals surface area (Å²) in [5, 5.41) is 0. The number of unbranched alkanes of at least 4 members (excludes halogenated alkanes) is 1. The Labute approximate surface area is 152 Å². The number of methoxy groups -OCH3 is 1. The van der Waals surface area contributed by atoms with Crippen LogP contribution in [0.3, 0.4) is 0 Å². The van der Waals surface area contributed by atoms with Gasteiger partial charge in [0.1, 0.15) is 5.55 Å². The Morgan fingerprint density at radius 1 is 1.17 bits per heavy atom. The zero-order valence-electron chi connectivity index (χ0n) is 15.4. The van der Waals surface area contributed by atoms with E-state index in [0.717, 1.165) is 38.3 Å². The molecule has 0 N–H and O–H groups in total. The molecule has 0 atom stereocenters. The summed E-state index contributed by atoms with van der Waals surface area (Å²) in [5.41, 5.74) is 2.02. The van der Waals surface area contributed by atoms with Gasteiger partial charge in [-0.15, -0.1) is 0 Å². The van der Waals surface area contributed by atoms with Crippen molar-refractivity contribution in [2.24, 2.45) is 0 Å². The van der Waals surface area contributed by atoms with Crippen molar-refractivity contribution < 1.29 is 4.74 Å². The van der Waals surface area contributed by atoms with E-state index in [1.165, 1.54) is 19.1 Å². The zero-order valence-corrected chi connectivity index (χ0v) is 17.1. The number of anilines is 1. The molecule has 0 heterocycles. The summed E-state index contributed by atoms with van der Waals surface area (Å²) in [4.78, 5) is 15.8. The molecule has 6 heteroatoms. The van der Waals surface area contributed by atoms with Gasteiger partial charge in [-0.1, -0.05) is 39.9 Å².